The summed E-state index contributed by atoms with van der Waals surface area (Å²) in [4.78, 5) is 17.4. The molecule has 170 valence electrons. The Kier molecular flexibility index (Phi) is 6.12. The van der Waals surface area contributed by atoms with Crippen LogP contribution in [0.1, 0.15) is 40.9 Å². The summed E-state index contributed by atoms with van der Waals surface area (Å²) in [5.74, 6) is -4.24. The highest BCUT2D eigenvalue weighted by molar-refractivity contribution is 6.29. The Hall–Kier alpha value is -3.39. The van der Waals surface area contributed by atoms with Crippen LogP contribution in [0, 0.1) is 31.3 Å². The number of aryl methyl sites for hydroxylation is 2. The maximum absolute atomic E-state index is 13.7. The quantitative estimate of drug-likeness (QED) is 0.369. The molecule has 2 aromatic heterocycles. The van der Waals surface area contributed by atoms with E-state index in [-0.39, 0.29) is 17.1 Å². The fourth-order valence-corrected chi connectivity index (χ4v) is 3.98. The van der Waals surface area contributed by atoms with Crippen molar-refractivity contribution >= 4 is 11.6 Å². The molecule has 0 amide bonds. The van der Waals surface area contributed by atoms with Crippen LogP contribution in [0.25, 0.3) is 5.69 Å². The topological polar surface area (TPSA) is 52.7 Å². The van der Waals surface area contributed by atoms with Crippen LogP contribution in [0.5, 0.6) is 0 Å². The average molecular weight is 473 g/mol. The average Bonchev–Trinajstić information content (AvgIpc) is 3.19. The second kappa shape index (κ2) is 8.86. The lowest BCUT2D eigenvalue weighted by Gasteiger charge is -2.17. The van der Waals surface area contributed by atoms with Crippen LogP contribution in [0.15, 0.2) is 53.7 Å². The minimum Gasteiger partial charge on any atom is -0.306 e. The summed E-state index contributed by atoms with van der Waals surface area (Å²) in [6, 6.07) is 8.12. The van der Waals surface area contributed by atoms with Crippen molar-refractivity contribution in [2.75, 3.05) is 0 Å². The van der Waals surface area contributed by atoms with Crippen LogP contribution in [0.4, 0.5) is 13.2 Å². The zero-order chi connectivity index (χ0) is 23.9. The predicted molar refractivity (Wildman–Crippen MR) is 119 cm³/mol. The van der Waals surface area contributed by atoms with E-state index in [2.05, 4.69) is 10.1 Å². The van der Waals surface area contributed by atoms with E-state index in [1.807, 2.05) is 42.8 Å². The number of halogens is 4. The maximum atomic E-state index is 13.7. The van der Waals surface area contributed by atoms with Gasteiger partial charge in [0.1, 0.15) is 5.15 Å². The lowest BCUT2D eigenvalue weighted by molar-refractivity contribution is 0.438. The Balaban J connectivity index is 1.68. The number of rotatable bonds is 5. The fourth-order valence-electron chi connectivity index (χ4n) is 3.77. The molecule has 4 aromatic rings. The number of nitrogens with zero attached hydrogens (tertiary/aromatic N) is 4. The van der Waals surface area contributed by atoms with Crippen molar-refractivity contribution < 1.29 is 13.2 Å². The molecule has 1 atom stereocenters. The Morgan fingerprint density at radius 2 is 1.76 bits per heavy atom. The van der Waals surface area contributed by atoms with Gasteiger partial charge in [-0.05, 0) is 61.7 Å². The predicted octanol–water partition coefficient (Wildman–Crippen LogP) is 5.32. The van der Waals surface area contributed by atoms with Crippen molar-refractivity contribution in [3.05, 3.63) is 110 Å². The van der Waals surface area contributed by atoms with Gasteiger partial charge in [-0.15, -0.1) is 0 Å². The zero-order valence-electron chi connectivity index (χ0n) is 18.1. The SMILES string of the molecule is Cc1cn(-c2ccc(Cc3cc(Cl)nn([C@@H](C)c4cc(F)c(F)c(F)c4)c3=O)cc2C)cn1. The number of imidazole rings is 1. The van der Waals surface area contributed by atoms with Crippen LogP contribution >= 0.6 is 11.6 Å². The molecule has 0 unspecified atom stereocenters. The summed E-state index contributed by atoms with van der Waals surface area (Å²) in [6.45, 7) is 5.41. The van der Waals surface area contributed by atoms with Gasteiger partial charge in [-0.3, -0.25) is 4.79 Å². The second-order valence-corrected chi connectivity index (χ2v) is 8.32. The first kappa shape index (κ1) is 22.8. The van der Waals surface area contributed by atoms with E-state index < -0.39 is 29.1 Å². The molecular weight excluding hydrogens is 453 g/mol. The molecule has 0 aliphatic heterocycles. The molecule has 0 bridgehead atoms. The zero-order valence-corrected chi connectivity index (χ0v) is 18.9. The first-order valence-corrected chi connectivity index (χ1v) is 10.5. The smallest absolute Gasteiger partial charge is 0.270 e. The van der Waals surface area contributed by atoms with Gasteiger partial charge < -0.3 is 4.57 Å². The van der Waals surface area contributed by atoms with E-state index in [0.29, 0.717) is 5.56 Å². The van der Waals surface area contributed by atoms with Gasteiger partial charge in [0, 0.05) is 23.9 Å². The van der Waals surface area contributed by atoms with Crippen molar-refractivity contribution in [2.24, 2.45) is 0 Å². The standard InChI is InChI=1S/C24H20ClF3N4O/c1-13-6-16(4-5-21(13)31-11-14(2)29-12-31)7-18-10-22(25)30-32(24(18)33)15(3)17-8-19(26)23(28)20(27)9-17/h4-6,8-12,15H,7H2,1-3H3/t15-/m0/s1. The second-order valence-electron chi connectivity index (χ2n) is 7.94. The lowest BCUT2D eigenvalue weighted by atomic mass is 10.0. The van der Waals surface area contributed by atoms with Crippen LogP contribution in [0.3, 0.4) is 0 Å². The number of benzene rings is 2. The van der Waals surface area contributed by atoms with E-state index in [1.165, 1.54) is 13.0 Å². The molecule has 0 N–H and O–H groups in total. The molecule has 33 heavy (non-hydrogen) atoms. The van der Waals surface area contributed by atoms with Gasteiger partial charge in [0.05, 0.1) is 18.1 Å². The van der Waals surface area contributed by atoms with E-state index in [0.717, 1.165) is 39.3 Å². The van der Waals surface area contributed by atoms with Gasteiger partial charge in [-0.2, -0.15) is 5.10 Å². The number of hydrogen-bond donors (Lipinski definition) is 0. The van der Waals surface area contributed by atoms with E-state index >= 15 is 0 Å². The summed E-state index contributed by atoms with van der Waals surface area (Å²) >= 11 is 6.16. The number of hydrogen-bond acceptors (Lipinski definition) is 3. The molecule has 0 aliphatic rings. The van der Waals surface area contributed by atoms with Crippen molar-refractivity contribution in [2.45, 2.75) is 33.2 Å². The molecule has 0 saturated carbocycles. The summed E-state index contributed by atoms with van der Waals surface area (Å²) in [7, 11) is 0. The van der Waals surface area contributed by atoms with Crippen LogP contribution in [0.2, 0.25) is 5.15 Å². The molecule has 5 nitrogen and oxygen atoms in total. The molecule has 0 radical (unpaired) electrons. The maximum Gasteiger partial charge on any atom is 0.270 e. The molecule has 0 saturated heterocycles. The molecular formula is C24H20ClF3N4O. The first-order valence-electron chi connectivity index (χ1n) is 10.2. The normalized spacial score (nSPS) is 12.2. The van der Waals surface area contributed by atoms with Crippen molar-refractivity contribution in [1.29, 1.82) is 0 Å². The van der Waals surface area contributed by atoms with Crippen molar-refractivity contribution in [3.8, 4) is 5.69 Å². The molecule has 4 rings (SSSR count). The third-order valence-corrected chi connectivity index (χ3v) is 5.67. The minimum absolute atomic E-state index is 0.0572. The highest BCUT2D eigenvalue weighted by Crippen LogP contribution is 2.23. The van der Waals surface area contributed by atoms with Gasteiger partial charge in [-0.25, -0.2) is 22.8 Å². The summed E-state index contributed by atoms with van der Waals surface area (Å²) in [5, 5.41) is 4.08. The van der Waals surface area contributed by atoms with Gasteiger partial charge in [0.15, 0.2) is 17.5 Å². The van der Waals surface area contributed by atoms with Crippen LogP contribution < -0.4 is 5.56 Å². The minimum atomic E-state index is -1.57. The molecule has 0 aliphatic carbocycles. The third-order valence-electron chi connectivity index (χ3n) is 5.48. The third kappa shape index (κ3) is 4.57. The van der Waals surface area contributed by atoms with E-state index in [4.69, 9.17) is 11.6 Å². The number of aromatic nitrogens is 4. The van der Waals surface area contributed by atoms with Gasteiger partial charge in [-0.1, -0.05) is 23.7 Å². The van der Waals surface area contributed by atoms with E-state index in [1.54, 1.807) is 6.33 Å². The summed E-state index contributed by atoms with van der Waals surface area (Å²) in [5.41, 5.74) is 3.73. The largest absolute Gasteiger partial charge is 0.306 e. The summed E-state index contributed by atoms with van der Waals surface area (Å²) < 4.78 is 43.7. The Bertz CT molecular complexity index is 1390. The van der Waals surface area contributed by atoms with Crippen LogP contribution in [-0.4, -0.2) is 19.3 Å². The van der Waals surface area contributed by atoms with E-state index in [9.17, 15) is 18.0 Å². The molecule has 2 aromatic carbocycles. The highest BCUT2D eigenvalue weighted by atomic mass is 35.5. The Morgan fingerprint density at radius 3 is 2.36 bits per heavy atom. The lowest BCUT2D eigenvalue weighted by Crippen LogP contribution is -2.29. The molecule has 2 heterocycles. The fraction of sp³-hybridized carbons (Fsp3) is 0.208. The van der Waals surface area contributed by atoms with Gasteiger partial charge in [0.25, 0.3) is 5.56 Å². The van der Waals surface area contributed by atoms with Gasteiger partial charge in [0.2, 0.25) is 0 Å². The Morgan fingerprint density at radius 1 is 1.06 bits per heavy atom. The molecule has 9 heteroatoms. The first-order chi connectivity index (χ1) is 15.6. The molecule has 0 fully saturated rings. The Labute approximate surface area is 193 Å². The van der Waals surface area contributed by atoms with Crippen molar-refractivity contribution in [3.63, 3.8) is 0 Å². The van der Waals surface area contributed by atoms with Gasteiger partial charge >= 0.3 is 0 Å². The molecule has 0 spiro atoms. The monoisotopic (exact) mass is 472 g/mol. The van der Waals surface area contributed by atoms with Crippen LogP contribution in [-0.2, 0) is 6.42 Å². The summed E-state index contributed by atoms with van der Waals surface area (Å²) in [6.07, 6.45) is 3.94. The van der Waals surface area contributed by atoms with Crippen molar-refractivity contribution in [1.82, 2.24) is 19.3 Å². The highest BCUT2D eigenvalue weighted by Gasteiger charge is 2.19.